The molecule has 2 aromatic rings. The molecule has 4 rings (SSSR count). The van der Waals surface area contributed by atoms with E-state index in [4.69, 9.17) is 0 Å². The Bertz CT molecular complexity index is 848. The van der Waals surface area contributed by atoms with Crippen molar-refractivity contribution in [3.63, 3.8) is 0 Å². The largest absolute Gasteiger partial charge is 0.352 e. The first-order valence-electron chi connectivity index (χ1n) is 10.1. The number of pyridine rings is 1. The van der Waals surface area contributed by atoms with Crippen LogP contribution in [0.15, 0.2) is 30.7 Å². The number of likely N-dealkylation sites (tertiary alicyclic amines) is 1. The number of piperidine rings is 1. The Morgan fingerprint density at radius 1 is 1.25 bits per heavy atom. The van der Waals surface area contributed by atoms with Gasteiger partial charge in [0.25, 0.3) is 11.8 Å². The Kier molecular flexibility index (Phi) is 5.41. The fourth-order valence-electron chi connectivity index (χ4n) is 4.23. The summed E-state index contributed by atoms with van der Waals surface area (Å²) in [7, 11) is 0. The smallest absolute Gasteiger partial charge is 0.257 e. The standard InChI is InChI=1S/C21H27N5O2/c1-15-4-3-8-25(14-15)21(28)18-13-24-26-9-6-16(10-19(18)26)11-23-20(27)17-5-2-7-22-12-17/h2,5,7,12-13,15-16H,3-4,6,8-11,14H2,1H3,(H,23,27)/t15-,16+/m0/s1. The van der Waals surface area contributed by atoms with Gasteiger partial charge < -0.3 is 10.2 Å². The van der Waals surface area contributed by atoms with Gasteiger partial charge in [-0.05, 0) is 49.7 Å². The van der Waals surface area contributed by atoms with Crippen molar-refractivity contribution >= 4 is 11.8 Å². The number of carbonyl (C=O) groups excluding carboxylic acids is 2. The molecule has 1 N–H and O–H groups in total. The second-order valence-electron chi connectivity index (χ2n) is 8.04. The fourth-order valence-corrected chi connectivity index (χ4v) is 4.23. The number of nitrogens with one attached hydrogen (secondary N) is 1. The Labute approximate surface area is 165 Å². The van der Waals surface area contributed by atoms with Crippen LogP contribution in [0.25, 0.3) is 0 Å². The summed E-state index contributed by atoms with van der Waals surface area (Å²) in [6.45, 7) is 5.24. The summed E-state index contributed by atoms with van der Waals surface area (Å²) >= 11 is 0. The number of fused-ring (bicyclic) bond motifs is 1. The Morgan fingerprint density at radius 3 is 2.93 bits per heavy atom. The SMILES string of the molecule is C[C@H]1CCCN(C(=O)c2cnn3c2C[C@H](CNC(=O)c2cccnc2)CC3)C1. The van der Waals surface area contributed by atoms with Crippen molar-refractivity contribution in [1.82, 2.24) is 25.0 Å². The van der Waals surface area contributed by atoms with Gasteiger partial charge in [0.2, 0.25) is 0 Å². The molecule has 0 aromatic carbocycles. The number of amides is 2. The predicted octanol–water partition coefficient (Wildman–Crippen LogP) is 2.14. The maximum absolute atomic E-state index is 13.0. The van der Waals surface area contributed by atoms with Crippen LogP contribution in [-0.4, -0.2) is 51.1 Å². The highest BCUT2D eigenvalue weighted by atomic mass is 16.2. The molecule has 0 spiro atoms. The molecule has 0 aliphatic carbocycles. The van der Waals surface area contributed by atoms with Crippen molar-refractivity contribution in [1.29, 1.82) is 0 Å². The fraction of sp³-hybridized carbons (Fsp3) is 0.524. The summed E-state index contributed by atoms with van der Waals surface area (Å²) in [5.74, 6) is 0.856. The summed E-state index contributed by atoms with van der Waals surface area (Å²) in [6, 6.07) is 3.52. The lowest BCUT2D eigenvalue weighted by molar-refractivity contribution is 0.0680. The molecular formula is C21H27N5O2. The van der Waals surface area contributed by atoms with Crippen molar-refractivity contribution in [2.24, 2.45) is 11.8 Å². The molecule has 28 heavy (non-hydrogen) atoms. The van der Waals surface area contributed by atoms with Crippen LogP contribution >= 0.6 is 0 Å². The quantitative estimate of drug-likeness (QED) is 0.880. The zero-order valence-corrected chi connectivity index (χ0v) is 16.3. The summed E-state index contributed by atoms with van der Waals surface area (Å²) in [4.78, 5) is 31.3. The minimum Gasteiger partial charge on any atom is -0.352 e. The molecule has 2 aromatic heterocycles. The van der Waals surface area contributed by atoms with Crippen molar-refractivity contribution in [3.05, 3.63) is 47.5 Å². The van der Waals surface area contributed by atoms with Crippen LogP contribution in [0.1, 0.15) is 52.6 Å². The van der Waals surface area contributed by atoms with Crippen molar-refractivity contribution in [2.75, 3.05) is 19.6 Å². The van der Waals surface area contributed by atoms with E-state index in [1.807, 2.05) is 9.58 Å². The molecule has 148 valence electrons. The lowest BCUT2D eigenvalue weighted by Gasteiger charge is -2.31. The van der Waals surface area contributed by atoms with Gasteiger partial charge in [-0.2, -0.15) is 5.10 Å². The number of aromatic nitrogens is 3. The monoisotopic (exact) mass is 381 g/mol. The van der Waals surface area contributed by atoms with Crippen LogP contribution in [0.2, 0.25) is 0 Å². The van der Waals surface area contributed by atoms with E-state index in [0.717, 1.165) is 50.2 Å². The number of aryl methyl sites for hydroxylation is 1. The highest BCUT2D eigenvalue weighted by molar-refractivity contribution is 5.95. The van der Waals surface area contributed by atoms with Gasteiger partial charge >= 0.3 is 0 Å². The van der Waals surface area contributed by atoms with Gasteiger partial charge in [-0.3, -0.25) is 19.3 Å². The first-order valence-corrected chi connectivity index (χ1v) is 10.1. The molecule has 2 aliphatic rings. The molecule has 1 fully saturated rings. The minimum atomic E-state index is -0.106. The molecule has 0 unspecified atom stereocenters. The van der Waals surface area contributed by atoms with E-state index < -0.39 is 0 Å². The zero-order valence-electron chi connectivity index (χ0n) is 16.3. The topological polar surface area (TPSA) is 80.1 Å². The summed E-state index contributed by atoms with van der Waals surface area (Å²) in [6.07, 6.45) is 8.91. The second-order valence-corrected chi connectivity index (χ2v) is 8.04. The second kappa shape index (κ2) is 8.12. The van der Waals surface area contributed by atoms with Crippen molar-refractivity contribution < 1.29 is 9.59 Å². The van der Waals surface area contributed by atoms with Crippen molar-refractivity contribution in [2.45, 2.75) is 39.2 Å². The molecule has 7 heteroatoms. The van der Waals surface area contributed by atoms with Gasteiger partial charge in [0.05, 0.1) is 23.0 Å². The van der Waals surface area contributed by atoms with Gasteiger partial charge in [-0.15, -0.1) is 0 Å². The van der Waals surface area contributed by atoms with Gasteiger partial charge in [0.15, 0.2) is 0 Å². The lowest BCUT2D eigenvalue weighted by Crippen LogP contribution is -2.40. The number of nitrogens with zero attached hydrogens (tertiary/aromatic N) is 4. The number of carbonyl (C=O) groups is 2. The molecule has 0 bridgehead atoms. The maximum atomic E-state index is 13.0. The first-order chi connectivity index (χ1) is 13.6. The minimum absolute atomic E-state index is 0.104. The molecule has 1 saturated heterocycles. The average molecular weight is 381 g/mol. The molecule has 0 saturated carbocycles. The van der Waals surface area contributed by atoms with E-state index in [0.29, 0.717) is 23.9 Å². The number of rotatable bonds is 4. The predicted molar refractivity (Wildman–Crippen MR) is 105 cm³/mol. The van der Waals surface area contributed by atoms with Crippen molar-refractivity contribution in [3.8, 4) is 0 Å². The first kappa shape index (κ1) is 18.7. The van der Waals surface area contributed by atoms with E-state index in [1.165, 1.54) is 6.42 Å². The van der Waals surface area contributed by atoms with E-state index in [-0.39, 0.29) is 11.8 Å². The van der Waals surface area contributed by atoms with Gasteiger partial charge in [0.1, 0.15) is 0 Å². The summed E-state index contributed by atoms with van der Waals surface area (Å²) in [5.41, 5.74) is 2.31. The third-order valence-electron chi connectivity index (χ3n) is 5.83. The maximum Gasteiger partial charge on any atom is 0.257 e. The molecule has 4 heterocycles. The number of hydrogen-bond donors (Lipinski definition) is 1. The van der Waals surface area contributed by atoms with Gasteiger partial charge in [0, 0.05) is 38.6 Å². The highest BCUT2D eigenvalue weighted by Crippen LogP contribution is 2.25. The van der Waals surface area contributed by atoms with E-state index in [1.54, 1.807) is 30.7 Å². The normalized spacial score (nSPS) is 21.8. The highest BCUT2D eigenvalue weighted by Gasteiger charge is 2.29. The molecule has 2 aliphatic heterocycles. The van der Waals surface area contributed by atoms with E-state index in [2.05, 4.69) is 22.3 Å². The van der Waals surface area contributed by atoms with E-state index >= 15 is 0 Å². The van der Waals surface area contributed by atoms with Crippen LogP contribution in [0.4, 0.5) is 0 Å². The third kappa shape index (κ3) is 3.93. The molecule has 7 nitrogen and oxygen atoms in total. The molecule has 2 amide bonds. The molecule has 0 radical (unpaired) electrons. The Hall–Kier alpha value is -2.70. The Morgan fingerprint density at radius 2 is 2.14 bits per heavy atom. The number of hydrogen-bond acceptors (Lipinski definition) is 4. The third-order valence-corrected chi connectivity index (χ3v) is 5.83. The van der Waals surface area contributed by atoms with Crippen LogP contribution < -0.4 is 5.32 Å². The van der Waals surface area contributed by atoms with Crippen LogP contribution in [0.5, 0.6) is 0 Å². The Balaban J connectivity index is 1.40. The van der Waals surface area contributed by atoms with E-state index in [9.17, 15) is 9.59 Å². The molecule has 2 atom stereocenters. The average Bonchev–Trinajstić information content (AvgIpc) is 3.15. The van der Waals surface area contributed by atoms with Crippen LogP contribution in [0, 0.1) is 11.8 Å². The van der Waals surface area contributed by atoms with Crippen LogP contribution in [0.3, 0.4) is 0 Å². The zero-order chi connectivity index (χ0) is 19.5. The van der Waals surface area contributed by atoms with Crippen LogP contribution in [-0.2, 0) is 13.0 Å². The van der Waals surface area contributed by atoms with Gasteiger partial charge in [-0.25, -0.2) is 0 Å². The van der Waals surface area contributed by atoms with Gasteiger partial charge in [-0.1, -0.05) is 6.92 Å². The summed E-state index contributed by atoms with van der Waals surface area (Å²) in [5, 5.41) is 7.45. The molecular weight excluding hydrogens is 354 g/mol. The lowest BCUT2D eigenvalue weighted by atomic mass is 9.93. The summed E-state index contributed by atoms with van der Waals surface area (Å²) < 4.78 is 1.96.